The van der Waals surface area contributed by atoms with E-state index in [9.17, 15) is 58.7 Å². The highest BCUT2D eigenvalue weighted by Crippen LogP contribution is 2.30. The Morgan fingerprint density at radius 2 is 1.00 bits per heavy atom. The molecule has 0 unspecified atom stereocenters. The highest BCUT2D eigenvalue weighted by atomic mass is 127. The topological polar surface area (TPSA) is 127 Å². The van der Waals surface area contributed by atoms with Crippen LogP contribution in [0, 0.1) is 0 Å². The van der Waals surface area contributed by atoms with Crippen LogP contribution < -0.4 is 0 Å². The highest BCUT2D eigenvalue weighted by Gasteiger charge is 2.33. The Labute approximate surface area is 344 Å². The minimum Gasteiger partial charge on any atom is -0.460 e. The molecule has 0 amide bonds. The molecule has 0 radical (unpaired) electrons. The number of aliphatic hydroxyl groups is 1. The molecule has 2 N–H and O–H groups in total. The van der Waals surface area contributed by atoms with Crippen molar-refractivity contribution in [1.29, 1.82) is 0 Å². The lowest BCUT2D eigenvalue weighted by molar-refractivity contribution is -0.306. The third kappa shape index (κ3) is 47.2. The Balaban J connectivity index is -0.000000203. The summed E-state index contributed by atoms with van der Waals surface area (Å²) in [5.41, 5.74) is -2.83. The highest BCUT2D eigenvalue weighted by molar-refractivity contribution is 14.1. The van der Waals surface area contributed by atoms with E-state index in [4.69, 9.17) is 15.1 Å². The second kappa shape index (κ2) is 31.8. The zero-order chi connectivity index (χ0) is 46.4. The van der Waals surface area contributed by atoms with E-state index in [0.29, 0.717) is 4.43 Å². The van der Waals surface area contributed by atoms with Crippen LogP contribution in [0.25, 0.3) is 0 Å². The van der Waals surface area contributed by atoms with Crippen LogP contribution >= 0.6 is 22.6 Å². The van der Waals surface area contributed by atoms with Gasteiger partial charge in [0.25, 0.3) is 0 Å². The predicted octanol–water partition coefficient (Wildman–Crippen LogP) is 11.9. The van der Waals surface area contributed by atoms with Crippen LogP contribution in [0.2, 0.25) is 0 Å². The molecule has 0 aliphatic rings. The first-order valence-electron chi connectivity index (χ1n) is 16.9. The van der Waals surface area contributed by atoms with Crippen LogP contribution in [0.3, 0.4) is 0 Å². The minimum atomic E-state index is -4.44. The van der Waals surface area contributed by atoms with Crippen LogP contribution in [0.1, 0.15) is 107 Å². The molecular formula is C39H58F9IO8. The van der Waals surface area contributed by atoms with E-state index in [2.05, 4.69) is 24.6 Å². The number of rotatable bonds is 15. The van der Waals surface area contributed by atoms with E-state index in [1.807, 2.05) is 22.6 Å². The lowest BCUT2D eigenvalue weighted by Gasteiger charge is -2.18. The SMILES string of the molecule is C=CC/C(=C\CCC(C)=O)C(F)(F)F.C=CC/C(=C\CI)C(F)(F)F.C=CC/C(=C\C[C@H](O)C(C)=O)C(F)(F)F.CC(=O)CC(=O)OC(C)(C)C.CC(C)(C)OO. The molecule has 0 fully saturated rings. The van der Waals surface area contributed by atoms with Gasteiger partial charge in [0.1, 0.15) is 29.7 Å². The van der Waals surface area contributed by atoms with Gasteiger partial charge in [-0.2, -0.15) is 39.5 Å². The van der Waals surface area contributed by atoms with Crippen molar-refractivity contribution in [3.63, 3.8) is 0 Å². The fraction of sp³-hybridized carbons (Fsp3) is 0.590. The number of esters is 1. The van der Waals surface area contributed by atoms with Gasteiger partial charge in [0.05, 0.1) is 5.60 Å². The summed E-state index contributed by atoms with van der Waals surface area (Å²) in [4.78, 5) is 46.3. The van der Waals surface area contributed by atoms with Gasteiger partial charge in [0.2, 0.25) is 0 Å². The third-order valence-electron chi connectivity index (χ3n) is 5.54. The molecule has 0 aliphatic carbocycles. The number of aliphatic hydroxyl groups excluding tert-OH is 1. The van der Waals surface area contributed by atoms with Gasteiger partial charge >= 0.3 is 24.5 Å². The molecule has 0 aliphatic heterocycles. The maximum atomic E-state index is 12.3. The van der Waals surface area contributed by atoms with Gasteiger partial charge in [0, 0.05) is 27.6 Å². The minimum absolute atomic E-state index is 0.105. The number of carbonyl (C=O) groups excluding carboxylic acids is 4. The van der Waals surface area contributed by atoms with Crippen molar-refractivity contribution >= 4 is 45.9 Å². The number of ether oxygens (including phenoxy) is 1. The number of ketones is 3. The van der Waals surface area contributed by atoms with Crippen molar-refractivity contribution in [3.8, 4) is 0 Å². The van der Waals surface area contributed by atoms with E-state index in [-0.39, 0.29) is 56.5 Å². The fourth-order valence-electron chi connectivity index (χ4n) is 2.95. The van der Waals surface area contributed by atoms with Gasteiger partial charge in [-0.15, -0.1) is 19.7 Å². The standard InChI is InChI=1S/C10H13F3O2.C10H13F3O.C8H14O3.C7H8F3I.C4H10O2/c1-3-4-8(10(11,12)13)5-6-9(15)7(2)14;1-3-5-9(10(11,12)13)7-4-6-8(2)14;1-6(9)5-7(10)11-8(2,3)4;1-2-3-6(4-5-11)7(8,9)10;1-4(2,3)6-5/h3,5,9,15H,1,4,6H2,2H3;3,7H,1,4-6H2,2H3;5H2,1-4H3;2,4H,1,3,5H2;5H,1-3H3/b8-5+;9-7+;;6-4+;/t9-;;;;/m0..../s1. The summed E-state index contributed by atoms with van der Waals surface area (Å²) in [5, 5.41) is 16.9. The lowest BCUT2D eigenvalue weighted by Crippen LogP contribution is -2.24. The Bertz CT molecular complexity index is 1320. The summed E-state index contributed by atoms with van der Waals surface area (Å²) < 4.78 is 115. The molecule has 8 nitrogen and oxygen atoms in total. The number of hydrogen-bond donors (Lipinski definition) is 2. The largest absolute Gasteiger partial charge is 0.460 e. The Kier molecular flexibility index (Phi) is 35.2. The molecule has 0 aromatic heterocycles. The van der Waals surface area contributed by atoms with Gasteiger partial charge < -0.3 is 14.6 Å². The quantitative estimate of drug-likeness (QED) is 0.0243. The first kappa shape index (κ1) is 63.1. The molecule has 0 aromatic rings. The summed E-state index contributed by atoms with van der Waals surface area (Å²) in [6, 6.07) is 0. The first-order valence-corrected chi connectivity index (χ1v) is 18.5. The van der Waals surface area contributed by atoms with Crippen LogP contribution in [0.4, 0.5) is 39.5 Å². The zero-order valence-corrected chi connectivity index (χ0v) is 36.1. The smallest absolute Gasteiger partial charge is 0.412 e. The number of Topliss-reactive ketones (excluding diaryl/α,β-unsaturated/α-hetero) is 3. The molecule has 0 heterocycles. The molecule has 0 bridgehead atoms. The summed E-state index contributed by atoms with van der Waals surface area (Å²) in [7, 11) is 0. The molecule has 1 atom stereocenters. The maximum Gasteiger partial charge on any atom is 0.412 e. The number of carbonyl (C=O) groups is 4. The van der Waals surface area contributed by atoms with Gasteiger partial charge in [-0.1, -0.05) is 59.0 Å². The average molecular weight is 953 g/mol. The van der Waals surface area contributed by atoms with Crippen molar-refractivity contribution in [2.45, 2.75) is 143 Å². The maximum absolute atomic E-state index is 12.3. The molecule has 0 saturated carbocycles. The van der Waals surface area contributed by atoms with Crippen molar-refractivity contribution < 1.29 is 78.7 Å². The summed E-state index contributed by atoms with van der Waals surface area (Å²) in [6.45, 7) is 24.2. The van der Waals surface area contributed by atoms with Crippen LogP contribution in [-0.4, -0.2) is 73.9 Å². The van der Waals surface area contributed by atoms with E-state index < -0.39 is 64.3 Å². The van der Waals surface area contributed by atoms with Crippen LogP contribution in [-0.2, 0) is 28.8 Å². The molecule has 0 spiro atoms. The lowest BCUT2D eigenvalue weighted by atomic mass is 10.1. The molecular weight excluding hydrogens is 894 g/mol. The van der Waals surface area contributed by atoms with Gasteiger partial charge in [0.15, 0.2) is 5.78 Å². The Morgan fingerprint density at radius 3 is 1.25 bits per heavy atom. The second-order valence-corrected chi connectivity index (χ2v) is 14.5. The Morgan fingerprint density at radius 1 is 0.649 bits per heavy atom. The van der Waals surface area contributed by atoms with Crippen molar-refractivity contribution in [2.75, 3.05) is 4.43 Å². The van der Waals surface area contributed by atoms with E-state index in [1.165, 1.54) is 32.1 Å². The molecule has 332 valence electrons. The number of halogens is 10. The number of allylic oxidation sites excluding steroid dienone is 8. The predicted molar refractivity (Wildman–Crippen MR) is 212 cm³/mol. The van der Waals surface area contributed by atoms with E-state index in [1.54, 1.807) is 41.5 Å². The number of alkyl halides is 10. The Hall–Kier alpha value is -3.10. The van der Waals surface area contributed by atoms with Gasteiger partial charge in [-0.25, -0.2) is 4.89 Å². The average Bonchev–Trinajstić information content (AvgIpc) is 3.00. The normalized spacial score (nSPS) is 13.0. The molecule has 57 heavy (non-hydrogen) atoms. The van der Waals surface area contributed by atoms with Crippen LogP contribution in [0.5, 0.6) is 0 Å². The second-order valence-electron chi connectivity index (χ2n) is 13.6. The summed E-state index contributed by atoms with van der Waals surface area (Å²) in [6.07, 6.45) is -8.48. The van der Waals surface area contributed by atoms with Gasteiger partial charge in [-0.3, -0.25) is 19.6 Å². The van der Waals surface area contributed by atoms with Crippen molar-refractivity contribution in [3.05, 3.63) is 72.9 Å². The molecule has 0 rings (SSSR count). The van der Waals surface area contributed by atoms with E-state index >= 15 is 0 Å². The monoisotopic (exact) mass is 952 g/mol. The molecule has 0 aromatic carbocycles. The first-order chi connectivity index (χ1) is 25.6. The third-order valence-corrected chi connectivity index (χ3v) is 5.98. The van der Waals surface area contributed by atoms with E-state index in [0.717, 1.165) is 25.2 Å². The molecule has 0 saturated heterocycles. The zero-order valence-electron chi connectivity index (χ0n) is 33.9. The summed E-state index contributed by atoms with van der Waals surface area (Å²) in [5.74, 6) is -1.28. The fourth-order valence-corrected chi connectivity index (χ4v) is 3.49. The van der Waals surface area contributed by atoms with Crippen LogP contribution in [0.15, 0.2) is 72.9 Å². The van der Waals surface area contributed by atoms with Gasteiger partial charge in [-0.05, 0) is 94.4 Å². The summed E-state index contributed by atoms with van der Waals surface area (Å²) >= 11 is 1.87. The number of hydrogen-bond acceptors (Lipinski definition) is 8. The van der Waals surface area contributed by atoms with Crippen molar-refractivity contribution in [2.24, 2.45) is 0 Å². The van der Waals surface area contributed by atoms with Crippen molar-refractivity contribution in [1.82, 2.24) is 0 Å². The molecule has 18 heteroatoms.